The molecule has 0 aliphatic carbocycles. The highest BCUT2D eigenvalue weighted by atomic mass is 16.2. The number of carbonyl (C=O) groups is 1. The van der Waals surface area contributed by atoms with Crippen LogP contribution in [0.15, 0.2) is 24.3 Å². The summed E-state index contributed by atoms with van der Waals surface area (Å²) in [6.07, 6.45) is 6.80. The Kier molecular flexibility index (Phi) is 4.46. The third-order valence-corrected chi connectivity index (χ3v) is 3.49. The molecule has 0 saturated carbocycles. The summed E-state index contributed by atoms with van der Waals surface area (Å²) in [5.74, 6) is 2.99. The average molecular weight is 256 g/mol. The molecule has 1 aromatic carbocycles. The van der Waals surface area contributed by atoms with Crippen LogP contribution in [0.3, 0.4) is 0 Å². The number of nitrogens with zero attached hydrogens (tertiary/aromatic N) is 1. The Bertz CT molecular complexity index is 490. The fourth-order valence-corrected chi connectivity index (χ4v) is 2.55. The zero-order valence-electron chi connectivity index (χ0n) is 11.4. The normalized spacial score (nSPS) is 16.3. The van der Waals surface area contributed by atoms with E-state index in [1.54, 1.807) is 4.90 Å². The van der Waals surface area contributed by atoms with Gasteiger partial charge in [-0.1, -0.05) is 31.0 Å². The van der Waals surface area contributed by atoms with E-state index < -0.39 is 0 Å². The molecular formula is C16H20N2O. The molecule has 0 radical (unpaired) electrons. The van der Waals surface area contributed by atoms with Crippen molar-refractivity contribution < 1.29 is 4.79 Å². The average Bonchev–Trinajstić information content (AvgIpc) is 2.82. The molecule has 0 spiro atoms. The lowest BCUT2D eigenvalue weighted by atomic mass is 9.97. The number of hydrogen-bond acceptors (Lipinski definition) is 2. The predicted molar refractivity (Wildman–Crippen MR) is 78.0 cm³/mol. The topological polar surface area (TPSA) is 32.3 Å². The zero-order valence-corrected chi connectivity index (χ0v) is 11.4. The number of terminal acetylenes is 1. The van der Waals surface area contributed by atoms with Crippen LogP contribution in [0.5, 0.6) is 0 Å². The van der Waals surface area contributed by atoms with Crippen LogP contribution < -0.4 is 5.32 Å². The minimum atomic E-state index is 0.156. The highest BCUT2D eigenvalue weighted by Gasteiger charge is 2.25. The van der Waals surface area contributed by atoms with E-state index in [9.17, 15) is 4.79 Å². The zero-order chi connectivity index (χ0) is 13.7. The fraction of sp³-hybridized carbons (Fsp3) is 0.438. The number of rotatable bonds is 5. The molecule has 1 unspecified atom stereocenters. The molecule has 3 nitrogen and oxygen atoms in total. The van der Waals surface area contributed by atoms with Gasteiger partial charge in [-0.15, -0.1) is 6.42 Å². The van der Waals surface area contributed by atoms with Gasteiger partial charge in [-0.2, -0.15) is 0 Å². The van der Waals surface area contributed by atoms with E-state index in [2.05, 4.69) is 30.3 Å². The van der Waals surface area contributed by atoms with Gasteiger partial charge in [0.15, 0.2) is 0 Å². The number of hydrogen-bond donors (Lipinski definition) is 1. The van der Waals surface area contributed by atoms with Crippen LogP contribution in [-0.2, 0) is 4.79 Å². The van der Waals surface area contributed by atoms with Crippen LogP contribution in [0.2, 0.25) is 0 Å². The molecule has 1 aliphatic heterocycles. The molecule has 1 N–H and O–H groups in total. The van der Waals surface area contributed by atoms with E-state index in [1.807, 2.05) is 12.1 Å². The van der Waals surface area contributed by atoms with Crippen molar-refractivity contribution in [2.45, 2.75) is 25.7 Å². The second-order valence-corrected chi connectivity index (χ2v) is 4.89. The van der Waals surface area contributed by atoms with Gasteiger partial charge in [0.2, 0.25) is 5.91 Å². The highest BCUT2D eigenvalue weighted by Crippen LogP contribution is 2.33. The molecule has 1 aromatic rings. The van der Waals surface area contributed by atoms with Gasteiger partial charge < -0.3 is 10.2 Å². The Morgan fingerprint density at radius 1 is 1.53 bits per heavy atom. The van der Waals surface area contributed by atoms with E-state index in [1.165, 1.54) is 5.56 Å². The quantitative estimate of drug-likeness (QED) is 0.821. The standard InChI is InChI=1S/C16H20N2O/c1-3-9-18(10-4-2)16(19)11-13-12-17-15-8-6-5-7-14(13)15/h1,5-8,13,17H,4,9-12H2,2H3. The molecule has 1 amide bonds. The van der Waals surface area contributed by atoms with Crippen molar-refractivity contribution in [2.75, 3.05) is 25.0 Å². The highest BCUT2D eigenvalue weighted by molar-refractivity contribution is 5.78. The molecule has 1 heterocycles. The molecule has 100 valence electrons. The molecule has 2 rings (SSSR count). The summed E-state index contributed by atoms with van der Waals surface area (Å²) in [5.41, 5.74) is 2.40. The Balaban J connectivity index is 2.02. The Labute approximate surface area is 115 Å². The number of benzene rings is 1. The van der Waals surface area contributed by atoms with E-state index in [0.717, 1.165) is 25.2 Å². The lowest BCUT2D eigenvalue weighted by Crippen LogP contribution is -2.33. The van der Waals surface area contributed by atoms with Gasteiger partial charge in [-0.25, -0.2) is 0 Å². The SMILES string of the molecule is C#CCN(CCC)C(=O)CC1CNc2ccccc21. The van der Waals surface area contributed by atoms with Crippen molar-refractivity contribution in [1.29, 1.82) is 0 Å². The van der Waals surface area contributed by atoms with E-state index in [0.29, 0.717) is 13.0 Å². The van der Waals surface area contributed by atoms with Gasteiger partial charge in [0.1, 0.15) is 0 Å². The van der Waals surface area contributed by atoms with Crippen LogP contribution in [0.25, 0.3) is 0 Å². The van der Waals surface area contributed by atoms with Crippen molar-refractivity contribution in [1.82, 2.24) is 4.90 Å². The van der Waals surface area contributed by atoms with E-state index in [4.69, 9.17) is 6.42 Å². The van der Waals surface area contributed by atoms with Crippen LogP contribution >= 0.6 is 0 Å². The molecule has 19 heavy (non-hydrogen) atoms. The second kappa shape index (κ2) is 6.29. The van der Waals surface area contributed by atoms with E-state index >= 15 is 0 Å². The molecule has 0 bridgehead atoms. The minimum absolute atomic E-state index is 0.156. The van der Waals surface area contributed by atoms with Crippen molar-refractivity contribution in [3.05, 3.63) is 29.8 Å². The third-order valence-electron chi connectivity index (χ3n) is 3.49. The maximum absolute atomic E-state index is 12.3. The second-order valence-electron chi connectivity index (χ2n) is 4.89. The summed E-state index contributed by atoms with van der Waals surface area (Å²) in [6, 6.07) is 8.19. The summed E-state index contributed by atoms with van der Waals surface area (Å²) < 4.78 is 0. The number of carbonyl (C=O) groups excluding carboxylic acids is 1. The monoisotopic (exact) mass is 256 g/mol. The lowest BCUT2D eigenvalue weighted by molar-refractivity contribution is -0.130. The summed E-state index contributed by atoms with van der Waals surface area (Å²) in [5, 5.41) is 3.35. The van der Waals surface area contributed by atoms with Gasteiger partial charge >= 0.3 is 0 Å². The first kappa shape index (κ1) is 13.5. The molecular weight excluding hydrogens is 236 g/mol. The number of anilines is 1. The Hall–Kier alpha value is -1.95. The first-order chi connectivity index (χ1) is 9.26. The minimum Gasteiger partial charge on any atom is -0.384 e. The first-order valence-corrected chi connectivity index (χ1v) is 6.80. The maximum Gasteiger partial charge on any atom is 0.224 e. The maximum atomic E-state index is 12.3. The largest absolute Gasteiger partial charge is 0.384 e. The van der Waals surface area contributed by atoms with Gasteiger partial charge in [0.05, 0.1) is 6.54 Å². The van der Waals surface area contributed by atoms with Crippen LogP contribution in [0, 0.1) is 12.3 Å². The van der Waals surface area contributed by atoms with Crippen molar-refractivity contribution in [3.63, 3.8) is 0 Å². The summed E-state index contributed by atoms with van der Waals surface area (Å²) >= 11 is 0. The van der Waals surface area contributed by atoms with Crippen molar-refractivity contribution in [2.24, 2.45) is 0 Å². The smallest absolute Gasteiger partial charge is 0.224 e. The number of nitrogens with one attached hydrogen (secondary N) is 1. The number of para-hydroxylation sites is 1. The lowest BCUT2D eigenvalue weighted by Gasteiger charge is -2.21. The van der Waals surface area contributed by atoms with Crippen LogP contribution in [0.4, 0.5) is 5.69 Å². The van der Waals surface area contributed by atoms with Gasteiger partial charge in [0.25, 0.3) is 0 Å². The molecule has 1 aliphatic rings. The number of fused-ring (bicyclic) bond motifs is 1. The van der Waals surface area contributed by atoms with Gasteiger partial charge in [0, 0.05) is 31.1 Å². The van der Waals surface area contributed by atoms with Crippen molar-refractivity contribution in [3.8, 4) is 12.3 Å². The molecule has 1 atom stereocenters. The van der Waals surface area contributed by atoms with Crippen molar-refractivity contribution >= 4 is 11.6 Å². The fourth-order valence-electron chi connectivity index (χ4n) is 2.55. The van der Waals surface area contributed by atoms with Gasteiger partial charge in [-0.3, -0.25) is 4.79 Å². The number of amides is 1. The summed E-state index contributed by atoms with van der Waals surface area (Å²) in [6.45, 7) is 4.05. The summed E-state index contributed by atoms with van der Waals surface area (Å²) in [4.78, 5) is 14.1. The molecule has 3 heteroatoms. The Morgan fingerprint density at radius 2 is 2.32 bits per heavy atom. The Morgan fingerprint density at radius 3 is 3.05 bits per heavy atom. The predicted octanol–water partition coefficient (Wildman–Crippen LogP) is 2.46. The summed E-state index contributed by atoms with van der Waals surface area (Å²) in [7, 11) is 0. The van der Waals surface area contributed by atoms with Crippen LogP contribution in [-0.4, -0.2) is 30.4 Å². The third kappa shape index (κ3) is 3.08. The first-order valence-electron chi connectivity index (χ1n) is 6.80. The van der Waals surface area contributed by atoms with E-state index in [-0.39, 0.29) is 11.8 Å². The molecule has 0 fully saturated rings. The van der Waals surface area contributed by atoms with Crippen LogP contribution in [0.1, 0.15) is 31.2 Å². The molecule has 0 aromatic heterocycles. The van der Waals surface area contributed by atoms with Gasteiger partial charge in [-0.05, 0) is 18.1 Å². The molecule has 0 saturated heterocycles.